The van der Waals surface area contributed by atoms with Crippen molar-refractivity contribution >= 4 is 28.5 Å². The van der Waals surface area contributed by atoms with Gasteiger partial charge < -0.3 is 24.9 Å². The van der Waals surface area contributed by atoms with Gasteiger partial charge in [0.1, 0.15) is 29.5 Å². The van der Waals surface area contributed by atoms with Crippen LogP contribution in [0.1, 0.15) is 30.6 Å². The number of aliphatic carboxylic acids is 1. The van der Waals surface area contributed by atoms with Crippen LogP contribution < -0.4 is 15.4 Å². The van der Waals surface area contributed by atoms with Crippen LogP contribution in [0.25, 0.3) is 22.3 Å². The number of hydrogen-bond acceptors (Lipinski definition) is 5. The van der Waals surface area contributed by atoms with E-state index in [9.17, 15) is 14.0 Å². The van der Waals surface area contributed by atoms with E-state index in [1.165, 1.54) is 6.07 Å². The zero-order chi connectivity index (χ0) is 26.4. The molecule has 0 radical (unpaired) electrons. The normalized spacial score (nSPS) is 11.9. The lowest BCUT2D eigenvalue weighted by atomic mass is 10.0. The van der Waals surface area contributed by atoms with E-state index in [2.05, 4.69) is 24.5 Å². The molecule has 1 aromatic heterocycles. The zero-order valence-electron chi connectivity index (χ0n) is 20.7. The van der Waals surface area contributed by atoms with Crippen LogP contribution in [0.2, 0.25) is 0 Å². The molecule has 0 bridgehead atoms. The maximum atomic E-state index is 14.9. The third kappa shape index (κ3) is 6.67. The lowest BCUT2D eigenvalue weighted by molar-refractivity contribution is -0.136. The van der Waals surface area contributed by atoms with Gasteiger partial charge in [-0.2, -0.15) is 0 Å². The summed E-state index contributed by atoms with van der Waals surface area (Å²) in [5.41, 5.74) is 2.31. The molecule has 0 aliphatic carbocycles. The Labute approximate surface area is 214 Å². The van der Waals surface area contributed by atoms with Crippen molar-refractivity contribution in [3.05, 3.63) is 84.2 Å². The third-order valence-electron chi connectivity index (χ3n) is 5.99. The lowest BCUT2D eigenvalue weighted by Gasteiger charge is -2.24. The first-order valence-corrected chi connectivity index (χ1v) is 12.1. The number of ether oxygens (including phenoxy) is 1. The van der Waals surface area contributed by atoms with Gasteiger partial charge >= 0.3 is 5.97 Å². The molecule has 1 amide bonds. The molecule has 1 heterocycles. The fourth-order valence-corrected chi connectivity index (χ4v) is 3.80. The van der Waals surface area contributed by atoms with Crippen LogP contribution in [0.3, 0.4) is 0 Å². The largest absolute Gasteiger partial charge is 0.491 e. The van der Waals surface area contributed by atoms with Crippen molar-refractivity contribution in [1.82, 2.24) is 5.32 Å². The summed E-state index contributed by atoms with van der Waals surface area (Å²) in [6, 6.07) is 20.9. The molecule has 0 spiro atoms. The average molecular weight is 505 g/mol. The molecule has 0 unspecified atom stereocenters. The van der Waals surface area contributed by atoms with Crippen LogP contribution in [-0.2, 0) is 4.79 Å². The highest BCUT2D eigenvalue weighted by atomic mass is 19.1. The summed E-state index contributed by atoms with van der Waals surface area (Å²) >= 11 is 0. The lowest BCUT2D eigenvalue weighted by Crippen LogP contribution is -2.32. The molecule has 3 aromatic carbocycles. The molecular weight excluding hydrogens is 475 g/mol. The minimum atomic E-state index is -0.966. The number of anilines is 1. The molecule has 0 saturated carbocycles. The number of carbonyl (C=O) groups excluding carboxylic acids is 1. The molecule has 0 saturated heterocycles. The van der Waals surface area contributed by atoms with Crippen molar-refractivity contribution in [3.63, 3.8) is 0 Å². The summed E-state index contributed by atoms with van der Waals surface area (Å²) < 4.78 is 26.6. The molecule has 0 fully saturated rings. The standard InChI is InChI=1S/C29H29FN2O5/c1-18(2)25(32-21-9-7-19(8-10-21)29(35)31-14-13-28(33)34)17-36-22-11-12-23(24(30)16-22)27-15-20-5-3-4-6-26(20)37-27/h3-12,15-16,18,25,32H,13-14,17H2,1-2H3,(H,31,35)(H,33,34)/t25-/m1/s1. The third-order valence-corrected chi connectivity index (χ3v) is 5.99. The van der Waals surface area contributed by atoms with Crippen LogP contribution in [-0.4, -0.2) is 36.2 Å². The number of nitrogens with one attached hydrogen (secondary N) is 2. The van der Waals surface area contributed by atoms with Crippen molar-refractivity contribution in [2.75, 3.05) is 18.5 Å². The molecule has 8 heteroatoms. The van der Waals surface area contributed by atoms with E-state index in [0.717, 1.165) is 11.1 Å². The van der Waals surface area contributed by atoms with Crippen molar-refractivity contribution in [1.29, 1.82) is 0 Å². The minimum Gasteiger partial charge on any atom is -0.491 e. The Morgan fingerprint density at radius 1 is 1.03 bits per heavy atom. The van der Waals surface area contributed by atoms with Gasteiger partial charge in [-0.3, -0.25) is 9.59 Å². The molecule has 4 aromatic rings. The predicted octanol–water partition coefficient (Wildman–Crippen LogP) is 5.96. The number of carboxylic acid groups (broad SMARTS) is 1. The van der Waals surface area contributed by atoms with Gasteiger partial charge in [0, 0.05) is 29.2 Å². The zero-order valence-corrected chi connectivity index (χ0v) is 20.7. The van der Waals surface area contributed by atoms with Gasteiger partial charge in [-0.1, -0.05) is 32.0 Å². The summed E-state index contributed by atoms with van der Waals surface area (Å²) in [7, 11) is 0. The van der Waals surface area contributed by atoms with E-state index in [1.54, 1.807) is 36.4 Å². The highest BCUT2D eigenvalue weighted by molar-refractivity contribution is 5.94. The highest BCUT2D eigenvalue weighted by Crippen LogP contribution is 2.31. The Bertz CT molecular complexity index is 1350. The molecular formula is C29H29FN2O5. The van der Waals surface area contributed by atoms with E-state index >= 15 is 0 Å². The molecule has 0 aliphatic heterocycles. The number of amides is 1. The number of benzene rings is 3. The number of fused-ring (bicyclic) bond motifs is 1. The topological polar surface area (TPSA) is 101 Å². The fourth-order valence-electron chi connectivity index (χ4n) is 3.80. The second-order valence-electron chi connectivity index (χ2n) is 9.07. The number of rotatable bonds is 11. The van der Waals surface area contributed by atoms with E-state index in [4.69, 9.17) is 14.3 Å². The number of carboxylic acids is 1. The maximum Gasteiger partial charge on any atom is 0.305 e. The highest BCUT2D eigenvalue weighted by Gasteiger charge is 2.17. The van der Waals surface area contributed by atoms with E-state index < -0.39 is 11.8 Å². The van der Waals surface area contributed by atoms with E-state index in [0.29, 0.717) is 34.8 Å². The first kappa shape index (κ1) is 25.8. The van der Waals surface area contributed by atoms with Crippen LogP contribution in [0.15, 0.2) is 77.2 Å². The Morgan fingerprint density at radius 3 is 2.46 bits per heavy atom. The number of para-hydroxylation sites is 1. The van der Waals surface area contributed by atoms with Crippen molar-refractivity contribution in [2.24, 2.45) is 5.92 Å². The fraction of sp³-hybridized carbons (Fsp3) is 0.241. The molecule has 192 valence electrons. The number of hydrogen-bond donors (Lipinski definition) is 3. The molecule has 3 N–H and O–H groups in total. The van der Waals surface area contributed by atoms with Crippen molar-refractivity contribution < 1.29 is 28.2 Å². The van der Waals surface area contributed by atoms with Gasteiger partial charge in [0.2, 0.25) is 0 Å². The monoisotopic (exact) mass is 504 g/mol. The molecule has 1 atom stereocenters. The smallest absolute Gasteiger partial charge is 0.305 e. The average Bonchev–Trinajstić information content (AvgIpc) is 3.30. The Morgan fingerprint density at radius 2 is 1.78 bits per heavy atom. The Hall–Kier alpha value is -4.33. The molecule has 7 nitrogen and oxygen atoms in total. The summed E-state index contributed by atoms with van der Waals surface area (Å²) in [6.45, 7) is 4.48. The summed E-state index contributed by atoms with van der Waals surface area (Å²) in [4.78, 5) is 22.7. The van der Waals surface area contributed by atoms with Gasteiger partial charge in [0.25, 0.3) is 5.91 Å². The second-order valence-corrected chi connectivity index (χ2v) is 9.07. The Kier molecular flexibility index (Phi) is 8.08. The van der Waals surface area contributed by atoms with Crippen LogP contribution in [0.5, 0.6) is 5.75 Å². The minimum absolute atomic E-state index is 0.0702. The number of carbonyl (C=O) groups is 2. The van der Waals surface area contributed by atoms with Crippen LogP contribution in [0, 0.1) is 11.7 Å². The molecule has 0 aliphatic rings. The number of furan rings is 1. The molecule has 37 heavy (non-hydrogen) atoms. The van der Waals surface area contributed by atoms with Gasteiger partial charge in [-0.05, 0) is 54.4 Å². The van der Waals surface area contributed by atoms with E-state index in [-0.39, 0.29) is 30.8 Å². The van der Waals surface area contributed by atoms with Gasteiger partial charge in [-0.15, -0.1) is 0 Å². The second kappa shape index (κ2) is 11.6. The predicted molar refractivity (Wildman–Crippen MR) is 140 cm³/mol. The van der Waals surface area contributed by atoms with Crippen LogP contribution >= 0.6 is 0 Å². The van der Waals surface area contributed by atoms with Gasteiger partial charge in [0.05, 0.1) is 18.0 Å². The quantitative estimate of drug-likeness (QED) is 0.233. The summed E-state index contributed by atoms with van der Waals surface area (Å²) in [5, 5.41) is 15.6. The maximum absolute atomic E-state index is 14.9. The molecule has 4 rings (SSSR count). The summed E-state index contributed by atoms with van der Waals surface area (Å²) in [6.07, 6.45) is -0.131. The number of halogens is 1. The summed E-state index contributed by atoms with van der Waals surface area (Å²) in [5.74, 6) is -0.637. The Balaban J connectivity index is 1.36. The van der Waals surface area contributed by atoms with E-state index in [1.807, 2.05) is 30.3 Å². The van der Waals surface area contributed by atoms with Crippen molar-refractivity contribution in [2.45, 2.75) is 26.3 Å². The van der Waals surface area contributed by atoms with Gasteiger partial charge in [0.15, 0.2) is 0 Å². The first-order chi connectivity index (χ1) is 17.8. The van der Waals surface area contributed by atoms with Crippen LogP contribution in [0.4, 0.5) is 10.1 Å². The first-order valence-electron chi connectivity index (χ1n) is 12.1. The van der Waals surface area contributed by atoms with Gasteiger partial charge in [-0.25, -0.2) is 4.39 Å². The SMILES string of the molecule is CC(C)[C@@H](COc1ccc(-c2cc3ccccc3o2)c(F)c1)Nc1ccc(C(=O)NCCC(=O)O)cc1. The van der Waals surface area contributed by atoms with Crippen molar-refractivity contribution in [3.8, 4) is 17.1 Å².